The first kappa shape index (κ1) is 12.8. The van der Waals surface area contributed by atoms with Crippen molar-refractivity contribution < 1.29 is 9.21 Å². The minimum absolute atomic E-state index is 0.138. The van der Waals surface area contributed by atoms with Gasteiger partial charge in [0.2, 0.25) is 5.89 Å². The lowest BCUT2D eigenvalue weighted by molar-refractivity contribution is 0.102. The van der Waals surface area contributed by atoms with Gasteiger partial charge in [-0.3, -0.25) is 10.1 Å². The van der Waals surface area contributed by atoms with Crippen molar-refractivity contribution in [3.05, 3.63) is 38.6 Å². The fourth-order valence-electron chi connectivity index (χ4n) is 1.62. The summed E-state index contributed by atoms with van der Waals surface area (Å²) >= 11 is 6.66. The SMILES string of the molecule is O=C(Nc1nnc(C2CC2)o1)c1cc(Br)ccc1Br. The zero-order valence-corrected chi connectivity index (χ0v) is 12.9. The molecule has 98 valence electrons. The predicted molar refractivity (Wildman–Crippen MR) is 76.1 cm³/mol. The average molecular weight is 387 g/mol. The number of rotatable bonds is 3. The summed E-state index contributed by atoms with van der Waals surface area (Å²) in [5, 5.41) is 10.3. The number of hydrogen-bond donors (Lipinski definition) is 1. The molecule has 1 fully saturated rings. The molecule has 0 unspecified atom stereocenters. The first-order chi connectivity index (χ1) is 9.13. The molecule has 5 nitrogen and oxygen atoms in total. The van der Waals surface area contributed by atoms with Crippen LogP contribution in [-0.2, 0) is 0 Å². The standard InChI is InChI=1S/C12H9Br2N3O2/c13-7-3-4-9(14)8(5-7)10(18)15-12-17-16-11(19-12)6-1-2-6/h3-6H,1-2H2,(H,15,17,18). The highest BCUT2D eigenvalue weighted by Crippen LogP contribution is 2.39. The zero-order chi connectivity index (χ0) is 13.4. The highest BCUT2D eigenvalue weighted by molar-refractivity contribution is 9.11. The van der Waals surface area contributed by atoms with Crippen LogP contribution in [0.1, 0.15) is 35.0 Å². The van der Waals surface area contributed by atoms with Crippen molar-refractivity contribution in [2.45, 2.75) is 18.8 Å². The van der Waals surface area contributed by atoms with Crippen molar-refractivity contribution in [3.8, 4) is 0 Å². The molecule has 1 aromatic carbocycles. The third-order valence-electron chi connectivity index (χ3n) is 2.76. The molecule has 0 aliphatic heterocycles. The van der Waals surface area contributed by atoms with Gasteiger partial charge in [-0.1, -0.05) is 21.0 Å². The molecule has 1 amide bonds. The van der Waals surface area contributed by atoms with Gasteiger partial charge in [0.15, 0.2) is 0 Å². The van der Waals surface area contributed by atoms with Crippen LogP contribution in [0.4, 0.5) is 6.01 Å². The van der Waals surface area contributed by atoms with Gasteiger partial charge in [0.1, 0.15) is 0 Å². The van der Waals surface area contributed by atoms with E-state index < -0.39 is 0 Å². The Morgan fingerprint density at radius 2 is 2.11 bits per heavy atom. The number of nitrogens with one attached hydrogen (secondary N) is 1. The Balaban J connectivity index is 1.77. The minimum Gasteiger partial charge on any atom is -0.408 e. The quantitative estimate of drug-likeness (QED) is 0.872. The summed E-state index contributed by atoms with van der Waals surface area (Å²) in [5.41, 5.74) is 0.501. The van der Waals surface area contributed by atoms with Crippen LogP contribution < -0.4 is 5.32 Å². The van der Waals surface area contributed by atoms with Crippen LogP contribution in [0.3, 0.4) is 0 Å². The summed E-state index contributed by atoms with van der Waals surface area (Å²) in [7, 11) is 0. The van der Waals surface area contributed by atoms with Gasteiger partial charge in [-0.25, -0.2) is 0 Å². The molecule has 0 saturated heterocycles. The molecule has 0 radical (unpaired) electrons. The van der Waals surface area contributed by atoms with Gasteiger partial charge >= 0.3 is 6.01 Å². The molecule has 1 aliphatic rings. The third-order valence-corrected chi connectivity index (χ3v) is 3.95. The van der Waals surface area contributed by atoms with E-state index in [-0.39, 0.29) is 11.9 Å². The topological polar surface area (TPSA) is 68.0 Å². The second-order valence-corrected chi connectivity index (χ2v) is 6.07. The molecular formula is C12H9Br2N3O2. The summed E-state index contributed by atoms with van der Waals surface area (Å²) in [6.45, 7) is 0. The molecule has 0 spiro atoms. The van der Waals surface area contributed by atoms with Crippen LogP contribution in [0.5, 0.6) is 0 Å². The van der Waals surface area contributed by atoms with Gasteiger partial charge in [0.05, 0.1) is 5.56 Å². The zero-order valence-electron chi connectivity index (χ0n) is 9.69. The van der Waals surface area contributed by atoms with Crippen LogP contribution in [0.25, 0.3) is 0 Å². The van der Waals surface area contributed by atoms with E-state index in [2.05, 4.69) is 47.4 Å². The highest BCUT2D eigenvalue weighted by atomic mass is 79.9. The summed E-state index contributed by atoms with van der Waals surface area (Å²) in [6, 6.07) is 5.50. The van der Waals surface area contributed by atoms with Crippen LogP contribution in [0, 0.1) is 0 Å². The van der Waals surface area contributed by atoms with E-state index in [1.54, 1.807) is 12.1 Å². The number of hydrogen-bond acceptors (Lipinski definition) is 4. The number of aromatic nitrogens is 2. The number of carbonyl (C=O) groups is 1. The number of carbonyl (C=O) groups excluding carboxylic acids is 1. The number of nitrogens with zero attached hydrogens (tertiary/aromatic N) is 2. The second kappa shape index (κ2) is 5.05. The van der Waals surface area contributed by atoms with Crippen LogP contribution >= 0.6 is 31.9 Å². The monoisotopic (exact) mass is 385 g/mol. The summed E-state index contributed by atoms with van der Waals surface area (Å²) in [6.07, 6.45) is 2.15. The van der Waals surface area contributed by atoms with E-state index in [1.165, 1.54) is 0 Å². The van der Waals surface area contributed by atoms with Crippen LogP contribution in [0.2, 0.25) is 0 Å². The second-order valence-electron chi connectivity index (χ2n) is 4.30. The van der Waals surface area contributed by atoms with Crippen molar-refractivity contribution in [1.29, 1.82) is 0 Å². The molecule has 1 aliphatic carbocycles. The normalized spacial score (nSPS) is 14.4. The van der Waals surface area contributed by atoms with Crippen molar-refractivity contribution in [2.75, 3.05) is 5.32 Å². The fourth-order valence-corrected chi connectivity index (χ4v) is 2.40. The van der Waals surface area contributed by atoms with Crippen molar-refractivity contribution >= 4 is 43.8 Å². The predicted octanol–water partition coefficient (Wildman–Crippen LogP) is 3.72. The molecule has 0 bridgehead atoms. The van der Waals surface area contributed by atoms with Gasteiger partial charge in [-0.15, -0.1) is 5.10 Å². The molecular weight excluding hydrogens is 378 g/mol. The maximum Gasteiger partial charge on any atom is 0.322 e. The Hall–Kier alpha value is -1.21. The van der Waals surface area contributed by atoms with E-state index in [9.17, 15) is 4.79 Å². The van der Waals surface area contributed by atoms with Gasteiger partial charge in [0, 0.05) is 14.9 Å². The Morgan fingerprint density at radius 3 is 2.84 bits per heavy atom. The van der Waals surface area contributed by atoms with Gasteiger partial charge in [-0.2, -0.15) is 0 Å². The average Bonchev–Trinajstić information content (AvgIpc) is 3.13. The summed E-state index contributed by atoms with van der Waals surface area (Å²) < 4.78 is 6.92. The summed E-state index contributed by atoms with van der Waals surface area (Å²) in [4.78, 5) is 12.1. The number of amides is 1. The molecule has 3 rings (SSSR count). The maximum absolute atomic E-state index is 12.1. The lowest BCUT2D eigenvalue weighted by atomic mass is 10.2. The number of halogens is 2. The molecule has 0 atom stereocenters. The lowest BCUT2D eigenvalue weighted by Crippen LogP contribution is -2.12. The third kappa shape index (κ3) is 2.87. The van der Waals surface area contributed by atoms with E-state index in [1.807, 2.05) is 6.07 Å². The number of benzene rings is 1. The Morgan fingerprint density at radius 1 is 1.32 bits per heavy atom. The van der Waals surface area contributed by atoms with E-state index >= 15 is 0 Å². The van der Waals surface area contributed by atoms with E-state index in [0.29, 0.717) is 21.8 Å². The number of anilines is 1. The Kier molecular flexibility index (Phi) is 3.40. The molecule has 1 N–H and O–H groups in total. The maximum atomic E-state index is 12.1. The first-order valence-electron chi connectivity index (χ1n) is 5.73. The highest BCUT2D eigenvalue weighted by Gasteiger charge is 2.29. The minimum atomic E-state index is -0.292. The Bertz CT molecular complexity index is 638. The Labute approximate surface area is 126 Å². The van der Waals surface area contributed by atoms with Crippen LogP contribution in [-0.4, -0.2) is 16.1 Å². The molecule has 19 heavy (non-hydrogen) atoms. The van der Waals surface area contributed by atoms with Gasteiger partial charge < -0.3 is 4.42 Å². The first-order valence-corrected chi connectivity index (χ1v) is 7.32. The van der Waals surface area contributed by atoms with Gasteiger partial charge in [0.25, 0.3) is 5.91 Å². The molecule has 2 aromatic rings. The lowest BCUT2D eigenvalue weighted by Gasteiger charge is -2.03. The van der Waals surface area contributed by atoms with Crippen molar-refractivity contribution in [1.82, 2.24) is 10.2 Å². The smallest absolute Gasteiger partial charge is 0.322 e. The van der Waals surface area contributed by atoms with E-state index in [0.717, 1.165) is 17.3 Å². The fraction of sp³-hybridized carbons (Fsp3) is 0.250. The van der Waals surface area contributed by atoms with Crippen molar-refractivity contribution in [2.24, 2.45) is 0 Å². The molecule has 1 saturated carbocycles. The molecule has 7 heteroatoms. The molecule has 1 heterocycles. The van der Waals surface area contributed by atoms with E-state index in [4.69, 9.17) is 4.42 Å². The largest absolute Gasteiger partial charge is 0.408 e. The summed E-state index contributed by atoms with van der Waals surface area (Å²) in [5.74, 6) is 0.679. The van der Waals surface area contributed by atoms with Crippen LogP contribution in [0.15, 0.2) is 31.6 Å². The van der Waals surface area contributed by atoms with Gasteiger partial charge in [-0.05, 0) is 47.0 Å². The van der Waals surface area contributed by atoms with Crippen molar-refractivity contribution in [3.63, 3.8) is 0 Å². The molecule has 1 aromatic heterocycles.